The zero-order valence-electron chi connectivity index (χ0n) is 9.44. The highest BCUT2D eigenvalue weighted by Gasteiger charge is 2.57. The van der Waals surface area contributed by atoms with Crippen LogP contribution in [0.3, 0.4) is 0 Å². The summed E-state index contributed by atoms with van der Waals surface area (Å²) in [5.41, 5.74) is 1.30. The molecule has 0 aliphatic carbocycles. The Kier molecular flexibility index (Phi) is 2.39. The first-order valence-electron chi connectivity index (χ1n) is 5.61. The summed E-state index contributed by atoms with van der Waals surface area (Å²) in [6.07, 6.45) is 0.848. The van der Waals surface area contributed by atoms with E-state index in [2.05, 4.69) is 54.0 Å². The number of rotatable bonds is 1. The van der Waals surface area contributed by atoms with Gasteiger partial charge in [0.1, 0.15) is 6.10 Å². The first-order chi connectivity index (χ1) is 7.59. The molecule has 2 aliphatic heterocycles. The number of hydrogen-bond acceptors (Lipinski definition) is 2. The lowest BCUT2D eigenvalue weighted by molar-refractivity contribution is -0.0520. The van der Waals surface area contributed by atoms with E-state index in [0.29, 0.717) is 12.2 Å². The standard InChI is InChI=1S/C13H15BrO2/c1-13(2)11(15-7-10-12(13)16-10)8-3-5-9(14)6-4-8/h3-6,10-12H,7H2,1-2H3/t10-,11+,12-/m1/s1. The van der Waals surface area contributed by atoms with E-state index in [1.807, 2.05) is 0 Å². The fraction of sp³-hybridized carbons (Fsp3) is 0.538. The molecule has 0 radical (unpaired) electrons. The predicted molar refractivity (Wildman–Crippen MR) is 65.3 cm³/mol. The van der Waals surface area contributed by atoms with Crippen LogP contribution in [0.1, 0.15) is 25.5 Å². The fourth-order valence-electron chi connectivity index (χ4n) is 2.64. The van der Waals surface area contributed by atoms with Gasteiger partial charge in [0.15, 0.2) is 0 Å². The Hall–Kier alpha value is -0.380. The molecule has 1 aromatic carbocycles. The molecule has 2 fully saturated rings. The molecule has 2 heterocycles. The highest BCUT2D eigenvalue weighted by molar-refractivity contribution is 9.10. The lowest BCUT2D eigenvalue weighted by atomic mass is 9.77. The minimum absolute atomic E-state index is 0.0662. The van der Waals surface area contributed by atoms with Crippen molar-refractivity contribution in [3.05, 3.63) is 34.3 Å². The van der Waals surface area contributed by atoms with Gasteiger partial charge in [0, 0.05) is 9.89 Å². The molecular weight excluding hydrogens is 268 g/mol. The second kappa shape index (κ2) is 3.56. The van der Waals surface area contributed by atoms with Crippen molar-refractivity contribution in [3.63, 3.8) is 0 Å². The van der Waals surface area contributed by atoms with Crippen LogP contribution in [0, 0.1) is 5.41 Å². The average molecular weight is 283 g/mol. The van der Waals surface area contributed by atoms with Gasteiger partial charge in [0.2, 0.25) is 0 Å². The molecule has 0 saturated carbocycles. The summed E-state index contributed by atoms with van der Waals surface area (Å²) in [6.45, 7) is 5.18. The van der Waals surface area contributed by atoms with E-state index in [-0.39, 0.29) is 11.5 Å². The third kappa shape index (κ3) is 1.62. The van der Waals surface area contributed by atoms with Crippen molar-refractivity contribution in [3.8, 4) is 0 Å². The molecule has 0 bridgehead atoms. The van der Waals surface area contributed by atoms with E-state index in [0.717, 1.165) is 11.1 Å². The van der Waals surface area contributed by atoms with Crippen LogP contribution in [0.4, 0.5) is 0 Å². The Morgan fingerprint density at radius 1 is 1.25 bits per heavy atom. The van der Waals surface area contributed by atoms with E-state index in [1.54, 1.807) is 0 Å². The van der Waals surface area contributed by atoms with Gasteiger partial charge in [-0.25, -0.2) is 0 Å². The van der Waals surface area contributed by atoms with Crippen molar-refractivity contribution >= 4 is 15.9 Å². The average Bonchev–Trinajstić information content (AvgIpc) is 3.00. The number of fused-ring (bicyclic) bond motifs is 1. The third-order valence-corrected chi connectivity index (χ3v) is 4.12. The second-order valence-corrected chi connectivity index (χ2v) is 6.10. The largest absolute Gasteiger partial charge is 0.370 e. The number of hydrogen-bond donors (Lipinski definition) is 0. The topological polar surface area (TPSA) is 21.8 Å². The second-order valence-electron chi connectivity index (χ2n) is 5.18. The van der Waals surface area contributed by atoms with E-state index in [1.165, 1.54) is 5.56 Å². The van der Waals surface area contributed by atoms with Gasteiger partial charge in [-0.2, -0.15) is 0 Å². The quantitative estimate of drug-likeness (QED) is 0.737. The van der Waals surface area contributed by atoms with Crippen molar-refractivity contribution in [2.24, 2.45) is 5.41 Å². The van der Waals surface area contributed by atoms with Crippen LogP contribution in [-0.4, -0.2) is 18.8 Å². The first kappa shape index (κ1) is 10.8. The maximum atomic E-state index is 5.93. The van der Waals surface area contributed by atoms with Gasteiger partial charge in [-0.3, -0.25) is 0 Å². The van der Waals surface area contributed by atoms with E-state index in [4.69, 9.17) is 9.47 Å². The van der Waals surface area contributed by atoms with Gasteiger partial charge in [-0.1, -0.05) is 41.9 Å². The molecule has 86 valence electrons. The number of epoxide rings is 1. The molecule has 3 rings (SSSR count). The van der Waals surface area contributed by atoms with Gasteiger partial charge in [0.05, 0.1) is 18.8 Å². The van der Waals surface area contributed by atoms with Crippen LogP contribution < -0.4 is 0 Å². The third-order valence-electron chi connectivity index (χ3n) is 3.59. The predicted octanol–water partition coefficient (Wildman–Crippen LogP) is 3.31. The van der Waals surface area contributed by atoms with E-state index < -0.39 is 0 Å². The molecule has 0 N–H and O–H groups in total. The van der Waals surface area contributed by atoms with Crippen molar-refractivity contribution in [2.45, 2.75) is 32.2 Å². The van der Waals surface area contributed by atoms with Gasteiger partial charge in [0.25, 0.3) is 0 Å². The molecule has 3 heteroatoms. The first-order valence-corrected chi connectivity index (χ1v) is 6.41. The Morgan fingerprint density at radius 3 is 2.62 bits per heavy atom. The van der Waals surface area contributed by atoms with Crippen LogP contribution in [0.15, 0.2) is 28.7 Å². The van der Waals surface area contributed by atoms with Gasteiger partial charge < -0.3 is 9.47 Å². The van der Waals surface area contributed by atoms with Crippen molar-refractivity contribution in [2.75, 3.05) is 6.61 Å². The molecule has 3 atom stereocenters. The highest BCUT2D eigenvalue weighted by atomic mass is 79.9. The van der Waals surface area contributed by atoms with Crippen LogP contribution in [0.25, 0.3) is 0 Å². The zero-order chi connectivity index (χ0) is 11.3. The number of ether oxygens (including phenoxy) is 2. The molecule has 0 spiro atoms. The Morgan fingerprint density at radius 2 is 1.94 bits per heavy atom. The zero-order valence-corrected chi connectivity index (χ0v) is 11.0. The minimum Gasteiger partial charge on any atom is -0.370 e. The van der Waals surface area contributed by atoms with Gasteiger partial charge >= 0.3 is 0 Å². The molecule has 16 heavy (non-hydrogen) atoms. The van der Waals surface area contributed by atoms with Gasteiger partial charge in [-0.05, 0) is 17.7 Å². The maximum Gasteiger partial charge on any atom is 0.108 e. The summed E-state index contributed by atoms with van der Waals surface area (Å²) in [5.74, 6) is 0. The van der Waals surface area contributed by atoms with Crippen LogP contribution in [0.2, 0.25) is 0 Å². The summed E-state index contributed by atoms with van der Waals surface area (Å²) < 4.78 is 12.7. The Balaban J connectivity index is 1.91. The molecular formula is C13H15BrO2. The molecule has 2 aliphatic rings. The van der Waals surface area contributed by atoms with Crippen LogP contribution >= 0.6 is 15.9 Å². The SMILES string of the molecule is CC1(C)[C@@H]2O[C@@H]2CO[C@H]1c1ccc(Br)cc1. The minimum atomic E-state index is 0.0662. The van der Waals surface area contributed by atoms with E-state index in [9.17, 15) is 0 Å². The number of halogens is 1. The maximum absolute atomic E-state index is 5.93. The monoisotopic (exact) mass is 282 g/mol. The van der Waals surface area contributed by atoms with E-state index >= 15 is 0 Å². The fourth-order valence-corrected chi connectivity index (χ4v) is 2.91. The Labute approximate surface area is 104 Å². The van der Waals surface area contributed by atoms with Gasteiger partial charge in [-0.15, -0.1) is 0 Å². The highest BCUT2D eigenvalue weighted by Crippen LogP contribution is 2.52. The van der Waals surface area contributed by atoms with Crippen LogP contribution in [0.5, 0.6) is 0 Å². The summed E-state index contributed by atoms with van der Waals surface area (Å²) in [4.78, 5) is 0. The normalized spacial score (nSPS) is 35.6. The number of benzene rings is 1. The van der Waals surface area contributed by atoms with Crippen molar-refractivity contribution < 1.29 is 9.47 Å². The van der Waals surface area contributed by atoms with Crippen LogP contribution in [-0.2, 0) is 9.47 Å². The van der Waals surface area contributed by atoms with Crippen molar-refractivity contribution in [1.29, 1.82) is 0 Å². The Bertz CT molecular complexity index is 399. The lowest BCUT2D eigenvalue weighted by Gasteiger charge is -2.36. The summed E-state index contributed by atoms with van der Waals surface area (Å²) in [6, 6.07) is 8.38. The molecule has 0 amide bonds. The smallest absolute Gasteiger partial charge is 0.108 e. The molecule has 0 aromatic heterocycles. The summed E-state index contributed by atoms with van der Waals surface area (Å²) >= 11 is 3.45. The molecule has 2 saturated heterocycles. The molecule has 0 unspecified atom stereocenters. The summed E-state index contributed by atoms with van der Waals surface area (Å²) in [5, 5.41) is 0. The summed E-state index contributed by atoms with van der Waals surface area (Å²) in [7, 11) is 0. The molecule has 2 nitrogen and oxygen atoms in total. The van der Waals surface area contributed by atoms with Crippen molar-refractivity contribution in [1.82, 2.24) is 0 Å². The molecule has 1 aromatic rings. The lowest BCUT2D eigenvalue weighted by Crippen LogP contribution is -2.36.